The van der Waals surface area contributed by atoms with Crippen molar-refractivity contribution in [1.29, 1.82) is 0 Å². The number of hydrogen-bond donors (Lipinski definition) is 2. The van der Waals surface area contributed by atoms with Crippen molar-refractivity contribution < 1.29 is 14.3 Å². The van der Waals surface area contributed by atoms with Crippen LogP contribution in [0.4, 0.5) is 0 Å². The van der Waals surface area contributed by atoms with Gasteiger partial charge in [-0.05, 0) is 49.6 Å². The predicted octanol–water partition coefficient (Wildman–Crippen LogP) is 2.45. The fourth-order valence-electron chi connectivity index (χ4n) is 3.03. The van der Waals surface area contributed by atoms with Crippen LogP contribution in [-0.2, 0) is 9.59 Å². The Hall–Kier alpha value is -2.86. The summed E-state index contributed by atoms with van der Waals surface area (Å²) in [5.74, 6) is 0.996. The lowest BCUT2D eigenvalue weighted by Crippen LogP contribution is -2.41. The Morgan fingerprint density at radius 1 is 1.44 bits per heavy atom. The molecule has 0 aromatic heterocycles. The van der Waals surface area contributed by atoms with Gasteiger partial charge < -0.3 is 20.7 Å². The summed E-state index contributed by atoms with van der Waals surface area (Å²) in [6.45, 7) is 6.08. The van der Waals surface area contributed by atoms with Crippen LogP contribution in [0.2, 0.25) is 0 Å². The molecule has 2 rings (SSSR count). The molecule has 2 amide bonds. The van der Waals surface area contributed by atoms with Crippen molar-refractivity contribution in [3.8, 4) is 5.75 Å². The van der Waals surface area contributed by atoms with Gasteiger partial charge in [0.25, 0.3) is 0 Å². The quantitative estimate of drug-likeness (QED) is 0.544. The summed E-state index contributed by atoms with van der Waals surface area (Å²) in [6, 6.07) is 7.74. The van der Waals surface area contributed by atoms with E-state index in [1.807, 2.05) is 54.3 Å². The van der Waals surface area contributed by atoms with E-state index in [9.17, 15) is 9.59 Å². The number of carbonyl (C=O) groups is 2. The summed E-state index contributed by atoms with van der Waals surface area (Å²) in [5, 5.41) is 2.54. The largest absolute Gasteiger partial charge is 0.458 e. The van der Waals surface area contributed by atoms with E-state index >= 15 is 0 Å². The first-order valence-electron chi connectivity index (χ1n) is 9.08. The molecule has 1 atom stereocenters. The summed E-state index contributed by atoms with van der Waals surface area (Å²) < 4.78 is 5.91. The summed E-state index contributed by atoms with van der Waals surface area (Å²) in [5.41, 5.74) is 6.28. The normalized spacial score (nSPS) is 17.2. The number of allylic oxidation sites excluding steroid dienone is 4. The zero-order valence-corrected chi connectivity index (χ0v) is 15.7. The molecule has 1 heterocycles. The number of nitrogens with two attached hydrogens (primary N) is 1. The number of ether oxygens (including phenoxy) is 1. The van der Waals surface area contributed by atoms with Gasteiger partial charge in [0, 0.05) is 6.54 Å². The van der Waals surface area contributed by atoms with Gasteiger partial charge in [-0.1, -0.05) is 30.9 Å². The number of hydrogen-bond acceptors (Lipinski definition) is 4. The van der Waals surface area contributed by atoms with Crippen molar-refractivity contribution >= 4 is 11.8 Å². The third-order valence-electron chi connectivity index (χ3n) is 4.35. The zero-order chi connectivity index (χ0) is 19.6. The zero-order valence-electron chi connectivity index (χ0n) is 15.7. The van der Waals surface area contributed by atoms with Gasteiger partial charge in [-0.25, -0.2) is 0 Å². The number of benzene rings is 1. The standard InChI is InChI=1S/C21H27N3O3/c1-3-5-9-17(4-2)27-18-10-6-8-16(13-18)19-11-7-12-24(19)21(26)15-23-20(25)14-22/h3-6,8-10,13,19H,1,7,11-12,14-15,22H2,2H3,(H,23,25)/b9-5-,17-4+. The van der Waals surface area contributed by atoms with Gasteiger partial charge in [-0.15, -0.1) is 0 Å². The van der Waals surface area contributed by atoms with Crippen molar-refractivity contribution in [3.63, 3.8) is 0 Å². The van der Waals surface area contributed by atoms with Gasteiger partial charge in [0.1, 0.15) is 11.5 Å². The third kappa shape index (κ3) is 5.82. The van der Waals surface area contributed by atoms with Crippen molar-refractivity contribution in [2.45, 2.75) is 25.8 Å². The Balaban J connectivity index is 2.10. The maximum atomic E-state index is 12.5. The average molecular weight is 369 g/mol. The van der Waals surface area contributed by atoms with Crippen LogP contribution in [-0.4, -0.2) is 36.3 Å². The second kappa shape index (κ2) is 10.3. The van der Waals surface area contributed by atoms with Gasteiger partial charge >= 0.3 is 0 Å². The lowest BCUT2D eigenvalue weighted by Gasteiger charge is -2.25. The van der Waals surface area contributed by atoms with E-state index in [0.717, 1.165) is 24.2 Å². The molecule has 1 aromatic rings. The second-order valence-electron chi connectivity index (χ2n) is 6.19. The number of rotatable bonds is 8. The molecule has 27 heavy (non-hydrogen) atoms. The molecule has 1 fully saturated rings. The number of carbonyl (C=O) groups excluding carboxylic acids is 2. The van der Waals surface area contributed by atoms with Crippen molar-refractivity contribution in [1.82, 2.24) is 10.2 Å². The molecule has 1 unspecified atom stereocenters. The molecule has 1 aromatic carbocycles. The molecule has 0 spiro atoms. The van der Waals surface area contributed by atoms with Gasteiger partial charge in [0.05, 0.1) is 19.1 Å². The Morgan fingerprint density at radius 2 is 2.26 bits per heavy atom. The maximum Gasteiger partial charge on any atom is 0.242 e. The SMILES string of the molecule is C=C/C=C\C(=C/C)Oc1cccc(C2CCCN2C(=O)CNC(=O)CN)c1. The van der Waals surface area contributed by atoms with Crippen molar-refractivity contribution in [2.75, 3.05) is 19.6 Å². The molecule has 0 saturated carbocycles. The highest BCUT2D eigenvalue weighted by atomic mass is 16.5. The fraction of sp³-hybridized carbons (Fsp3) is 0.333. The molecule has 1 aliphatic heterocycles. The molecule has 6 heteroatoms. The van der Waals surface area contributed by atoms with Crippen LogP contribution >= 0.6 is 0 Å². The molecule has 144 valence electrons. The molecule has 1 aliphatic rings. The molecule has 6 nitrogen and oxygen atoms in total. The van der Waals surface area contributed by atoms with E-state index in [0.29, 0.717) is 12.3 Å². The van der Waals surface area contributed by atoms with Crippen LogP contribution in [0.1, 0.15) is 31.4 Å². The van der Waals surface area contributed by atoms with Crippen LogP contribution in [0.15, 0.2) is 60.9 Å². The van der Waals surface area contributed by atoms with Gasteiger partial charge in [0.2, 0.25) is 11.8 Å². The predicted molar refractivity (Wildman–Crippen MR) is 106 cm³/mol. The monoisotopic (exact) mass is 369 g/mol. The third-order valence-corrected chi connectivity index (χ3v) is 4.35. The molecule has 1 saturated heterocycles. The Kier molecular flexibility index (Phi) is 7.82. The van der Waals surface area contributed by atoms with Crippen LogP contribution < -0.4 is 15.8 Å². The minimum absolute atomic E-state index is 0.0198. The van der Waals surface area contributed by atoms with Crippen LogP contribution in [0.5, 0.6) is 5.75 Å². The van der Waals surface area contributed by atoms with E-state index < -0.39 is 0 Å². The lowest BCUT2D eigenvalue weighted by molar-refractivity contribution is -0.133. The summed E-state index contributed by atoms with van der Waals surface area (Å²) in [7, 11) is 0. The van der Waals surface area contributed by atoms with Crippen LogP contribution in [0.25, 0.3) is 0 Å². The first kappa shape index (κ1) is 20.5. The van der Waals surface area contributed by atoms with Crippen molar-refractivity contribution in [2.24, 2.45) is 5.73 Å². The van der Waals surface area contributed by atoms with Gasteiger partial charge in [-0.2, -0.15) is 0 Å². The Labute approximate surface area is 160 Å². The highest BCUT2D eigenvalue weighted by molar-refractivity contribution is 5.85. The highest BCUT2D eigenvalue weighted by Gasteiger charge is 2.30. The van der Waals surface area contributed by atoms with E-state index in [1.54, 1.807) is 6.08 Å². The highest BCUT2D eigenvalue weighted by Crippen LogP contribution is 2.33. The number of nitrogens with zero attached hydrogens (tertiary/aromatic N) is 1. The molecular weight excluding hydrogens is 342 g/mol. The minimum Gasteiger partial charge on any atom is -0.458 e. The van der Waals surface area contributed by atoms with Gasteiger partial charge in [0.15, 0.2) is 0 Å². The Morgan fingerprint density at radius 3 is 2.96 bits per heavy atom. The average Bonchev–Trinajstić information content (AvgIpc) is 3.19. The van der Waals surface area contributed by atoms with Crippen molar-refractivity contribution in [3.05, 3.63) is 66.5 Å². The number of amides is 2. The van der Waals surface area contributed by atoms with Gasteiger partial charge in [-0.3, -0.25) is 9.59 Å². The van der Waals surface area contributed by atoms with E-state index in [4.69, 9.17) is 10.5 Å². The molecular formula is C21H27N3O3. The number of nitrogens with one attached hydrogen (secondary N) is 1. The summed E-state index contributed by atoms with van der Waals surface area (Å²) in [4.78, 5) is 25.6. The Bertz CT molecular complexity index is 740. The lowest BCUT2D eigenvalue weighted by atomic mass is 10.0. The molecule has 0 bridgehead atoms. The first-order chi connectivity index (χ1) is 13.1. The van der Waals surface area contributed by atoms with E-state index in [2.05, 4.69) is 11.9 Å². The van der Waals surface area contributed by atoms with Crippen LogP contribution in [0.3, 0.4) is 0 Å². The number of likely N-dealkylation sites (tertiary alicyclic amines) is 1. The minimum atomic E-state index is -0.332. The molecule has 0 radical (unpaired) electrons. The summed E-state index contributed by atoms with van der Waals surface area (Å²) in [6.07, 6.45) is 9.02. The fourth-order valence-corrected chi connectivity index (χ4v) is 3.03. The smallest absolute Gasteiger partial charge is 0.242 e. The van der Waals surface area contributed by atoms with E-state index in [1.165, 1.54) is 0 Å². The topological polar surface area (TPSA) is 84.7 Å². The summed E-state index contributed by atoms with van der Waals surface area (Å²) >= 11 is 0. The van der Waals surface area contributed by atoms with E-state index in [-0.39, 0.29) is 30.9 Å². The second-order valence-corrected chi connectivity index (χ2v) is 6.19. The maximum absolute atomic E-state index is 12.5. The molecule has 3 N–H and O–H groups in total. The molecule has 0 aliphatic carbocycles. The first-order valence-corrected chi connectivity index (χ1v) is 9.08. The van der Waals surface area contributed by atoms with Crippen LogP contribution in [0, 0.1) is 0 Å².